The molecule has 0 aromatic heterocycles. The second kappa shape index (κ2) is 72.4. The van der Waals surface area contributed by atoms with Crippen LogP contribution in [0.3, 0.4) is 0 Å². The van der Waals surface area contributed by atoms with Crippen LogP contribution in [0.15, 0.2) is 0 Å². The number of esters is 4. The van der Waals surface area contributed by atoms with Gasteiger partial charge in [-0.15, -0.1) is 0 Å². The van der Waals surface area contributed by atoms with E-state index in [9.17, 15) is 43.2 Å². The molecule has 97 heavy (non-hydrogen) atoms. The molecule has 0 rings (SSSR count). The molecule has 19 heteroatoms. The van der Waals surface area contributed by atoms with E-state index in [0.717, 1.165) is 103 Å². The quantitative estimate of drug-likeness (QED) is 0.0222. The normalized spacial score (nSPS) is 13.8. The summed E-state index contributed by atoms with van der Waals surface area (Å²) in [6, 6.07) is 0. The molecule has 0 fully saturated rings. The van der Waals surface area contributed by atoms with Crippen molar-refractivity contribution in [3.8, 4) is 0 Å². The molecule has 3 N–H and O–H groups in total. The molecule has 17 nitrogen and oxygen atoms in total. The highest BCUT2D eigenvalue weighted by molar-refractivity contribution is 7.47. The van der Waals surface area contributed by atoms with Crippen molar-refractivity contribution in [2.45, 2.75) is 438 Å². The van der Waals surface area contributed by atoms with Crippen LogP contribution in [0.5, 0.6) is 0 Å². The summed E-state index contributed by atoms with van der Waals surface area (Å²) in [4.78, 5) is 72.7. The molecule has 0 bridgehead atoms. The third-order valence-corrected chi connectivity index (χ3v) is 20.3. The topological polar surface area (TPSA) is 237 Å². The second-order valence-electron chi connectivity index (χ2n) is 28.1. The first-order valence-corrected chi connectivity index (χ1v) is 43.8. The molecule has 0 aromatic rings. The van der Waals surface area contributed by atoms with Crippen LogP contribution < -0.4 is 0 Å². The molecule has 0 saturated carbocycles. The van der Waals surface area contributed by atoms with Crippen LogP contribution >= 0.6 is 15.6 Å². The summed E-state index contributed by atoms with van der Waals surface area (Å²) in [5.41, 5.74) is 0. The number of rotatable bonds is 79. The SMILES string of the molecule is CCCCCCCCCCCCCCCCCCCCCC(=O)OC[C@H](COP(=O)(O)OC[C@@H](O)COP(=O)(O)OC[C@@H](COC(=O)CCCCCCCCC)OC(=O)CCCCCCCCCCCCCC)OC(=O)CCCCCCCCCCCCCCCCCCCCC. The fourth-order valence-electron chi connectivity index (χ4n) is 12.1. The number of carbonyl (C=O) groups is 4. The molecular formula is C78H152O17P2. The monoisotopic (exact) mass is 1420 g/mol. The zero-order chi connectivity index (χ0) is 71.1. The van der Waals surface area contributed by atoms with E-state index in [2.05, 4.69) is 27.7 Å². The highest BCUT2D eigenvalue weighted by Gasteiger charge is 2.30. The summed E-state index contributed by atoms with van der Waals surface area (Å²) < 4.78 is 68.5. The van der Waals surface area contributed by atoms with Gasteiger partial charge in [0.05, 0.1) is 26.4 Å². The average molecular weight is 1420 g/mol. The van der Waals surface area contributed by atoms with Crippen LogP contribution in [0.2, 0.25) is 0 Å². The molecule has 0 heterocycles. The number of hydrogen-bond donors (Lipinski definition) is 3. The van der Waals surface area contributed by atoms with Crippen LogP contribution in [0.4, 0.5) is 0 Å². The Morgan fingerprint density at radius 2 is 0.412 bits per heavy atom. The van der Waals surface area contributed by atoms with Gasteiger partial charge < -0.3 is 33.8 Å². The van der Waals surface area contributed by atoms with Gasteiger partial charge in [0, 0.05) is 25.7 Å². The minimum atomic E-state index is -4.96. The zero-order valence-corrected chi connectivity index (χ0v) is 64.8. The van der Waals surface area contributed by atoms with Crippen LogP contribution in [0, 0.1) is 0 Å². The smallest absolute Gasteiger partial charge is 0.462 e. The molecule has 0 aromatic carbocycles. The van der Waals surface area contributed by atoms with Crippen molar-refractivity contribution < 1.29 is 80.2 Å². The number of ether oxygens (including phenoxy) is 4. The van der Waals surface area contributed by atoms with Crippen molar-refractivity contribution >= 4 is 39.5 Å². The standard InChI is InChI=1S/C78H152O17P2/c1-5-9-13-17-21-24-27-30-32-34-36-38-40-42-45-47-51-55-59-63-76(81)89-69-74(95-78(83)65-61-57-53-49-46-43-41-39-37-35-33-31-28-25-22-18-14-10-6-2)71-93-97(86,87)91-67-72(79)66-90-96(84,85)92-70-73(68-88-75(80)62-58-54-50-20-16-12-8-4)94-77(82)64-60-56-52-48-44-29-26-23-19-15-11-7-3/h72-74,79H,5-71H2,1-4H3,(H,84,85)(H,86,87)/t72-,73+,74+/m0/s1. The minimum absolute atomic E-state index is 0.108. The van der Waals surface area contributed by atoms with E-state index in [1.54, 1.807) is 0 Å². The van der Waals surface area contributed by atoms with Crippen molar-refractivity contribution in [1.29, 1.82) is 0 Å². The van der Waals surface area contributed by atoms with Gasteiger partial charge in [0.1, 0.15) is 19.3 Å². The average Bonchev–Trinajstić information content (AvgIpc) is 1.08. The fraction of sp³-hybridized carbons (Fsp3) is 0.949. The maximum atomic E-state index is 13.1. The van der Waals surface area contributed by atoms with Gasteiger partial charge in [-0.3, -0.25) is 37.3 Å². The summed E-state index contributed by atoms with van der Waals surface area (Å²) in [7, 11) is -9.91. The molecule has 0 saturated heterocycles. The molecule has 2 unspecified atom stereocenters. The van der Waals surface area contributed by atoms with Gasteiger partial charge in [0.25, 0.3) is 0 Å². The van der Waals surface area contributed by atoms with Crippen molar-refractivity contribution in [2.75, 3.05) is 39.6 Å². The van der Waals surface area contributed by atoms with Crippen molar-refractivity contribution in [3.05, 3.63) is 0 Å². The molecule has 0 amide bonds. The first-order chi connectivity index (χ1) is 47.2. The first-order valence-electron chi connectivity index (χ1n) is 40.8. The lowest BCUT2D eigenvalue weighted by molar-refractivity contribution is -0.161. The Morgan fingerprint density at radius 1 is 0.247 bits per heavy atom. The number of phosphoric acid groups is 2. The van der Waals surface area contributed by atoms with Gasteiger partial charge in [-0.2, -0.15) is 0 Å². The lowest BCUT2D eigenvalue weighted by atomic mass is 10.0. The predicted octanol–water partition coefficient (Wildman–Crippen LogP) is 23.4. The lowest BCUT2D eigenvalue weighted by Gasteiger charge is -2.21. The Labute approximate surface area is 594 Å². The van der Waals surface area contributed by atoms with Crippen LogP contribution in [0.1, 0.15) is 419 Å². The Kier molecular flexibility index (Phi) is 71.0. The minimum Gasteiger partial charge on any atom is -0.462 e. The summed E-state index contributed by atoms with van der Waals surface area (Å²) in [5, 5.41) is 10.6. The second-order valence-corrected chi connectivity index (χ2v) is 31.0. The number of phosphoric ester groups is 2. The predicted molar refractivity (Wildman–Crippen MR) is 395 cm³/mol. The Bertz CT molecular complexity index is 1840. The highest BCUT2D eigenvalue weighted by Crippen LogP contribution is 2.45. The van der Waals surface area contributed by atoms with E-state index in [-0.39, 0.29) is 25.7 Å². The molecule has 5 atom stereocenters. The van der Waals surface area contributed by atoms with Gasteiger partial charge in [-0.25, -0.2) is 9.13 Å². The highest BCUT2D eigenvalue weighted by atomic mass is 31.2. The van der Waals surface area contributed by atoms with E-state index < -0.39 is 97.5 Å². The van der Waals surface area contributed by atoms with Gasteiger partial charge in [-0.05, 0) is 25.7 Å². The third kappa shape index (κ3) is 72.2. The van der Waals surface area contributed by atoms with Crippen LogP contribution in [-0.4, -0.2) is 96.7 Å². The summed E-state index contributed by atoms with van der Waals surface area (Å²) in [6.07, 6.45) is 64.0. The summed E-state index contributed by atoms with van der Waals surface area (Å²) in [5.74, 6) is -2.11. The van der Waals surface area contributed by atoms with Gasteiger partial charge in [0.2, 0.25) is 0 Å². The molecule has 0 spiro atoms. The number of unbranched alkanes of at least 4 members (excludes halogenated alkanes) is 53. The molecule has 0 radical (unpaired) electrons. The van der Waals surface area contributed by atoms with Gasteiger partial charge in [0.15, 0.2) is 12.2 Å². The van der Waals surface area contributed by atoms with Gasteiger partial charge in [-0.1, -0.05) is 368 Å². The van der Waals surface area contributed by atoms with E-state index in [0.29, 0.717) is 25.7 Å². The van der Waals surface area contributed by atoms with E-state index in [4.69, 9.17) is 37.0 Å². The van der Waals surface area contributed by atoms with Crippen LogP contribution in [-0.2, 0) is 65.4 Å². The Hall–Kier alpha value is -1.94. The van der Waals surface area contributed by atoms with Crippen molar-refractivity contribution in [2.24, 2.45) is 0 Å². The fourth-order valence-corrected chi connectivity index (χ4v) is 13.7. The number of aliphatic hydroxyl groups excluding tert-OH is 1. The molecule has 0 aliphatic carbocycles. The number of hydrogen-bond acceptors (Lipinski definition) is 15. The first kappa shape index (κ1) is 95.1. The van der Waals surface area contributed by atoms with E-state index in [1.807, 2.05) is 0 Å². The zero-order valence-electron chi connectivity index (χ0n) is 63.1. The molecule has 0 aliphatic rings. The molecule has 576 valence electrons. The number of aliphatic hydroxyl groups is 1. The van der Waals surface area contributed by atoms with E-state index in [1.165, 1.54) is 238 Å². The van der Waals surface area contributed by atoms with E-state index >= 15 is 0 Å². The van der Waals surface area contributed by atoms with Crippen molar-refractivity contribution in [3.63, 3.8) is 0 Å². The number of carbonyl (C=O) groups excluding carboxylic acids is 4. The maximum Gasteiger partial charge on any atom is 0.472 e. The van der Waals surface area contributed by atoms with Gasteiger partial charge >= 0.3 is 39.5 Å². The third-order valence-electron chi connectivity index (χ3n) is 18.4. The summed E-state index contributed by atoms with van der Waals surface area (Å²) >= 11 is 0. The largest absolute Gasteiger partial charge is 0.472 e. The van der Waals surface area contributed by atoms with Crippen LogP contribution in [0.25, 0.3) is 0 Å². The molecular weight excluding hydrogens is 1270 g/mol. The van der Waals surface area contributed by atoms with Crippen molar-refractivity contribution in [1.82, 2.24) is 0 Å². The maximum absolute atomic E-state index is 13.1. The lowest BCUT2D eigenvalue weighted by Crippen LogP contribution is -2.30. The summed E-state index contributed by atoms with van der Waals surface area (Å²) in [6.45, 7) is 4.96. The molecule has 0 aliphatic heterocycles. The Balaban J connectivity index is 5.16. The Morgan fingerprint density at radius 3 is 0.608 bits per heavy atom.